The van der Waals surface area contributed by atoms with E-state index < -0.39 is 0 Å². The largest absolute Gasteiger partial charge is 0.300 e. The summed E-state index contributed by atoms with van der Waals surface area (Å²) in [5, 5.41) is 3.83. The maximum absolute atomic E-state index is 4.37. The van der Waals surface area contributed by atoms with Gasteiger partial charge in [-0.15, -0.1) is 0 Å². The monoisotopic (exact) mass is 333 g/mol. The van der Waals surface area contributed by atoms with Gasteiger partial charge in [-0.05, 0) is 35.4 Å². The zero-order valence-corrected chi connectivity index (χ0v) is 14.6. The molecule has 0 fully saturated rings. The van der Waals surface area contributed by atoms with Crippen molar-refractivity contribution >= 4 is 12.6 Å². The molecule has 0 amide bonds. The quantitative estimate of drug-likeness (QED) is 0.356. The van der Waals surface area contributed by atoms with Gasteiger partial charge in [-0.2, -0.15) is 12.6 Å². The van der Waals surface area contributed by atoms with Crippen LogP contribution in [0.25, 0.3) is 0 Å². The summed E-state index contributed by atoms with van der Waals surface area (Å²) in [6.45, 7) is 0.905. The summed E-state index contributed by atoms with van der Waals surface area (Å²) in [5.41, 5.74) is 3.40. The molecule has 3 aromatic rings. The SMILES string of the molecule is SCCCNC(c1ccccc1)(c1ccccc1)c1ccccc1. The van der Waals surface area contributed by atoms with E-state index in [4.69, 9.17) is 0 Å². The van der Waals surface area contributed by atoms with Crippen LogP contribution in [-0.2, 0) is 5.54 Å². The van der Waals surface area contributed by atoms with Gasteiger partial charge < -0.3 is 0 Å². The van der Waals surface area contributed by atoms with Crippen molar-refractivity contribution in [3.8, 4) is 0 Å². The minimum absolute atomic E-state index is 0.354. The minimum Gasteiger partial charge on any atom is -0.300 e. The Morgan fingerprint density at radius 3 is 1.33 bits per heavy atom. The molecule has 0 saturated carbocycles. The van der Waals surface area contributed by atoms with Gasteiger partial charge in [0.2, 0.25) is 0 Å². The van der Waals surface area contributed by atoms with Crippen molar-refractivity contribution in [2.45, 2.75) is 12.0 Å². The van der Waals surface area contributed by atoms with Gasteiger partial charge in [-0.1, -0.05) is 91.0 Å². The molecule has 1 N–H and O–H groups in total. The molecule has 0 bridgehead atoms. The van der Waals surface area contributed by atoms with Gasteiger partial charge in [0, 0.05) is 0 Å². The highest BCUT2D eigenvalue weighted by atomic mass is 32.1. The molecule has 0 aliphatic carbocycles. The fraction of sp³-hybridized carbons (Fsp3) is 0.182. The molecule has 24 heavy (non-hydrogen) atoms. The third-order valence-electron chi connectivity index (χ3n) is 4.35. The van der Waals surface area contributed by atoms with E-state index in [1.54, 1.807) is 0 Å². The first kappa shape index (κ1) is 16.8. The third-order valence-corrected chi connectivity index (χ3v) is 4.66. The molecule has 0 radical (unpaired) electrons. The molecule has 0 heterocycles. The lowest BCUT2D eigenvalue weighted by atomic mass is 9.77. The summed E-state index contributed by atoms with van der Waals surface area (Å²) in [6.07, 6.45) is 1.03. The predicted molar refractivity (Wildman–Crippen MR) is 106 cm³/mol. The van der Waals surface area contributed by atoms with Crippen LogP contribution in [0.15, 0.2) is 91.0 Å². The molecular weight excluding hydrogens is 310 g/mol. The Kier molecular flexibility index (Phi) is 5.73. The molecule has 1 nitrogen and oxygen atoms in total. The summed E-state index contributed by atoms with van der Waals surface area (Å²) < 4.78 is 0. The first-order valence-corrected chi connectivity index (χ1v) is 9.03. The molecule has 0 unspecified atom stereocenters. The van der Waals surface area contributed by atoms with Gasteiger partial charge >= 0.3 is 0 Å². The van der Waals surface area contributed by atoms with Crippen LogP contribution >= 0.6 is 12.6 Å². The highest BCUT2D eigenvalue weighted by molar-refractivity contribution is 7.80. The lowest BCUT2D eigenvalue weighted by molar-refractivity contribution is 0.473. The van der Waals surface area contributed by atoms with Crippen molar-refractivity contribution in [1.82, 2.24) is 5.32 Å². The van der Waals surface area contributed by atoms with Crippen molar-refractivity contribution in [2.75, 3.05) is 12.3 Å². The van der Waals surface area contributed by atoms with Crippen molar-refractivity contribution in [3.63, 3.8) is 0 Å². The second-order valence-corrected chi connectivity index (χ2v) is 6.30. The lowest BCUT2D eigenvalue weighted by Gasteiger charge is -2.37. The van der Waals surface area contributed by atoms with Gasteiger partial charge in [0.15, 0.2) is 0 Å². The number of thiol groups is 1. The predicted octanol–water partition coefficient (Wildman–Crippen LogP) is 4.89. The number of nitrogens with one attached hydrogen (secondary N) is 1. The highest BCUT2D eigenvalue weighted by Gasteiger charge is 2.35. The number of rotatable bonds is 7. The van der Waals surface area contributed by atoms with Gasteiger partial charge in [-0.3, -0.25) is 5.32 Å². The maximum atomic E-state index is 4.37. The average Bonchev–Trinajstić information content (AvgIpc) is 2.68. The van der Waals surface area contributed by atoms with Gasteiger partial charge in [0.05, 0.1) is 5.54 Å². The number of hydrogen-bond donors (Lipinski definition) is 2. The highest BCUT2D eigenvalue weighted by Crippen LogP contribution is 2.36. The van der Waals surface area contributed by atoms with Crippen molar-refractivity contribution in [3.05, 3.63) is 108 Å². The lowest BCUT2D eigenvalue weighted by Crippen LogP contribution is -2.45. The summed E-state index contributed by atoms with van der Waals surface area (Å²) >= 11 is 4.37. The molecule has 0 atom stereocenters. The first-order chi connectivity index (χ1) is 11.9. The van der Waals surface area contributed by atoms with Crippen LogP contribution in [0, 0.1) is 0 Å². The van der Waals surface area contributed by atoms with E-state index in [9.17, 15) is 0 Å². The van der Waals surface area contributed by atoms with Crippen molar-refractivity contribution < 1.29 is 0 Å². The average molecular weight is 334 g/mol. The molecule has 3 aromatic carbocycles. The van der Waals surface area contributed by atoms with Crippen LogP contribution in [0.5, 0.6) is 0 Å². The summed E-state index contributed by atoms with van der Waals surface area (Å²) in [4.78, 5) is 0. The molecular formula is C22H23NS. The van der Waals surface area contributed by atoms with Crippen LogP contribution in [0.1, 0.15) is 23.1 Å². The van der Waals surface area contributed by atoms with E-state index in [1.807, 2.05) is 0 Å². The smallest absolute Gasteiger partial charge is 0.0947 e. The molecule has 122 valence electrons. The Morgan fingerprint density at radius 1 is 0.625 bits per heavy atom. The standard InChI is InChI=1S/C22H23NS/c24-18-10-17-23-22(19-11-4-1-5-12-19,20-13-6-2-7-14-20)21-15-8-3-9-16-21/h1-9,11-16,23-24H,10,17-18H2. The summed E-state index contributed by atoms with van der Waals surface area (Å²) in [5.74, 6) is 0.876. The number of benzene rings is 3. The molecule has 2 heteroatoms. The van der Waals surface area contributed by atoms with Gasteiger partial charge in [0.25, 0.3) is 0 Å². The Balaban J connectivity index is 2.20. The number of hydrogen-bond acceptors (Lipinski definition) is 2. The van der Waals surface area contributed by atoms with Crippen LogP contribution in [0.4, 0.5) is 0 Å². The van der Waals surface area contributed by atoms with Crippen molar-refractivity contribution in [2.24, 2.45) is 0 Å². The Morgan fingerprint density at radius 2 is 1.00 bits per heavy atom. The zero-order chi connectivity index (χ0) is 16.7. The topological polar surface area (TPSA) is 12.0 Å². The molecule has 0 saturated heterocycles. The summed E-state index contributed by atoms with van der Waals surface area (Å²) in [6, 6.07) is 32.1. The maximum Gasteiger partial charge on any atom is 0.0947 e. The second-order valence-electron chi connectivity index (χ2n) is 5.85. The first-order valence-electron chi connectivity index (χ1n) is 8.40. The van der Waals surface area contributed by atoms with Crippen LogP contribution in [-0.4, -0.2) is 12.3 Å². The normalized spacial score (nSPS) is 11.4. The summed E-state index contributed by atoms with van der Waals surface area (Å²) in [7, 11) is 0. The molecule has 0 aromatic heterocycles. The fourth-order valence-electron chi connectivity index (χ4n) is 3.23. The van der Waals surface area contributed by atoms with Gasteiger partial charge in [0.1, 0.15) is 0 Å². The Bertz CT molecular complexity index is 629. The molecule has 3 rings (SSSR count). The zero-order valence-electron chi connectivity index (χ0n) is 13.7. The molecule has 0 aliphatic rings. The van der Waals surface area contributed by atoms with E-state index in [-0.39, 0.29) is 5.54 Å². The molecule has 0 aliphatic heterocycles. The van der Waals surface area contributed by atoms with Crippen LogP contribution in [0.2, 0.25) is 0 Å². The third kappa shape index (κ3) is 3.40. The second kappa shape index (κ2) is 8.18. The Labute approximate surface area is 150 Å². The Hall–Kier alpha value is -2.03. The van der Waals surface area contributed by atoms with E-state index in [2.05, 4.69) is 109 Å². The fourth-order valence-corrected chi connectivity index (χ4v) is 3.38. The van der Waals surface area contributed by atoms with E-state index in [0.29, 0.717) is 0 Å². The van der Waals surface area contributed by atoms with Crippen molar-refractivity contribution in [1.29, 1.82) is 0 Å². The van der Waals surface area contributed by atoms with Crippen LogP contribution in [0.3, 0.4) is 0 Å². The molecule has 0 spiro atoms. The minimum atomic E-state index is -0.354. The van der Waals surface area contributed by atoms with Gasteiger partial charge in [-0.25, -0.2) is 0 Å². The van der Waals surface area contributed by atoms with E-state index in [1.165, 1.54) is 16.7 Å². The van der Waals surface area contributed by atoms with E-state index in [0.717, 1.165) is 18.7 Å². The van der Waals surface area contributed by atoms with E-state index >= 15 is 0 Å². The van der Waals surface area contributed by atoms with Crippen LogP contribution < -0.4 is 5.32 Å².